The summed E-state index contributed by atoms with van der Waals surface area (Å²) in [4.78, 5) is 25.3. The van der Waals surface area contributed by atoms with Crippen LogP contribution in [0.3, 0.4) is 0 Å². The van der Waals surface area contributed by atoms with Crippen molar-refractivity contribution < 1.29 is 14.3 Å². The maximum Gasteiger partial charge on any atom is 0.410 e. The van der Waals surface area contributed by atoms with E-state index in [0.717, 1.165) is 17.7 Å². The summed E-state index contributed by atoms with van der Waals surface area (Å²) in [6.07, 6.45) is 1.47. The summed E-state index contributed by atoms with van der Waals surface area (Å²) in [5.74, 6) is -0.0384. The van der Waals surface area contributed by atoms with Gasteiger partial charge < -0.3 is 15.0 Å². The molecule has 0 heterocycles. The van der Waals surface area contributed by atoms with E-state index in [9.17, 15) is 9.59 Å². The van der Waals surface area contributed by atoms with E-state index in [-0.39, 0.29) is 12.0 Å². The van der Waals surface area contributed by atoms with Crippen LogP contribution in [0.1, 0.15) is 46.1 Å². The van der Waals surface area contributed by atoms with Gasteiger partial charge in [-0.15, -0.1) is 0 Å². The molecule has 0 aliphatic carbocycles. The number of ether oxygens (including phenoxy) is 1. The fraction of sp³-hybridized carbons (Fsp3) is 0.556. The van der Waals surface area contributed by atoms with Crippen molar-refractivity contribution in [3.8, 4) is 0 Å². The molecule has 0 saturated heterocycles. The number of anilines is 1. The molecule has 0 atom stereocenters. The lowest BCUT2D eigenvalue weighted by atomic mass is 10.1. The quantitative estimate of drug-likeness (QED) is 0.866. The highest BCUT2D eigenvalue weighted by molar-refractivity contribution is 5.91. The smallest absolute Gasteiger partial charge is 0.410 e. The van der Waals surface area contributed by atoms with Crippen molar-refractivity contribution in [2.45, 2.75) is 52.6 Å². The number of hydrogen-bond acceptors (Lipinski definition) is 3. The van der Waals surface area contributed by atoms with Gasteiger partial charge in [-0.25, -0.2) is 4.79 Å². The van der Waals surface area contributed by atoms with Gasteiger partial charge in [0.1, 0.15) is 5.60 Å². The molecule has 0 bridgehead atoms. The summed E-state index contributed by atoms with van der Waals surface area (Å²) in [7, 11) is 1.68. The summed E-state index contributed by atoms with van der Waals surface area (Å²) in [5.41, 5.74) is 1.47. The van der Waals surface area contributed by atoms with Crippen LogP contribution in [0.5, 0.6) is 0 Å². The lowest BCUT2D eigenvalue weighted by molar-refractivity contribution is -0.116. The number of hydrogen-bond donors (Lipinski definition) is 1. The maximum atomic E-state index is 12.0. The van der Waals surface area contributed by atoms with Gasteiger partial charge in [-0.05, 0) is 45.2 Å². The van der Waals surface area contributed by atoms with Crippen molar-refractivity contribution in [2.24, 2.45) is 0 Å². The fourth-order valence-corrected chi connectivity index (χ4v) is 2.07. The number of nitrogens with zero attached hydrogens (tertiary/aromatic N) is 1. The van der Waals surface area contributed by atoms with Crippen molar-refractivity contribution in [3.05, 3.63) is 29.8 Å². The first-order chi connectivity index (χ1) is 10.7. The molecule has 1 rings (SSSR count). The van der Waals surface area contributed by atoms with Gasteiger partial charge in [0.05, 0.1) is 0 Å². The molecule has 5 heteroatoms. The summed E-state index contributed by atoms with van der Waals surface area (Å²) < 4.78 is 5.27. The molecule has 2 amide bonds. The molecule has 0 saturated carbocycles. The predicted octanol–water partition coefficient (Wildman–Crippen LogP) is 3.83. The molecule has 0 radical (unpaired) electrons. The van der Waals surface area contributed by atoms with Gasteiger partial charge in [-0.3, -0.25) is 4.79 Å². The minimum atomic E-state index is -0.507. The molecule has 0 aliphatic heterocycles. The van der Waals surface area contributed by atoms with Gasteiger partial charge in [0.2, 0.25) is 5.91 Å². The third-order valence-electron chi connectivity index (χ3n) is 3.27. The third kappa shape index (κ3) is 7.17. The molecule has 1 aromatic rings. The van der Waals surface area contributed by atoms with Crippen molar-refractivity contribution in [2.75, 3.05) is 18.9 Å². The van der Waals surface area contributed by atoms with E-state index in [4.69, 9.17) is 4.74 Å². The number of carbonyl (C=O) groups is 2. The molecular formula is C18H28N2O3. The van der Waals surface area contributed by atoms with Crippen LogP contribution in [0.15, 0.2) is 24.3 Å². The largest absolute Gasteiger partial charge is 0.444 e. The second kappa shape index (κ2) is 8.56. The van der Waals surface area contributed by atoms with Crippen LogP contribution in [0.2, 0.25) is 0 Å². The van der Waals surface area contributed by atoms with Gasteiger partial charge in [0.15, 0.2) is 0 Å². The number of aryl methyl sites for hydroxylation is 1. The van der Waals surface area contributed by atoms with Crippen molar-refractivity contribution >= 4 is 17.7 Å². The topological polar surface area (TPSA) is 58.6 Å². The molecule has 23 heavy (non-hydrogen) atoms. The Morgan fingerprint density at radius 1 is 1.22 bits per heavy atom. The van der Waals surface area contributed by atoms with E-state index in [1.165, 1.54) is 4.90 Å². The molecule has 0 aliphatic rings. The molecule has 0 unspecified atom stereocenters. The van der Waals surface area contributed by atoms with Gasteiger partial charge in [-0.2, -0.15) is 0 Å². The molecule has 1 aromatic carbocycles. The van der Waals surface area contributed by atoms with E-state index in [1.807, 2.05) is 45.0 Å². The first-order valence-corrected chi connectivity index (χ1v) is 8.05. The number of amides is 2. The Balaban J connectivity index is 2.38. The summed E-state index contributed by atoms with van der Waals surface area (Å²) in [5, 5.41) is 2.93. The van der Waals surface area contributed by atoms with Crippen LogP contribution in [0, 0.1) is 0 Å². The minimum absolute atomic E-state index is 0.0384. The zero-order valence-electron chi connectivity index (χ0n) is 14.8. The van der Waals surface area contributed by atoms with E-state index in [0.29, 0.717) is 19.4 Å². The first kappa shape index (κ1) is 19.0. The highest BCUT2D eigenvalue weighted by Crippen LogP contribution is 2.16. The SMILES string of the molecule is CCc1ccccc1NC(=O)CCCN(C)C(=O)OC(C)(C)C. The molecule has 0 fully saturated rings. The lowest BCUT2D eigenvalue weighted by Gasteiger charge is -2.24. The summed E-state index contributed by atoms with van der Waals surface area (Å²) >= 11 is 0. The number of benzene rings is 1. The molecular weight excluding hydrogens is 292 g/mol. The van der Waals surface area contributed by atoms with Crippen molar-refractivity contribution in [1.29, 1.82) is 0 Å². The maximum absolute atomic E-state index is 12.0. The van der Waals surface area contributed by atoms with Crippen molar-refractivity contribution in [1.82, 2.24) is 4.90 Å². The van der Waals surface area contributed by atoms with Crippen LogP contribution in [-0.2, 0) is 16.0 Å². The highest BCUT2D eigenvalue weighted by Gasteiger charge is 2.19. The lowest BCUT2D eigenvalue weighted by Crippen LogP contribution is -2.35. The molecule has 5 nitrogen and oxygen atoms in total. The minimum Gasteiger partial charge on any atom is -0.444 e. The molecule has 0 aromatic heterocycles. The van der Waals surface area contributed by atoms with Crippen LogP contribution in [0.4, 0.5) is 10.5 Å². The summed E-state index contributed by atoms with van der Waals surface area (Å²) in [6.45, 7) is 8.03. The van der Waals surface area contributed by atoms with Gasteiger partial charge in [0, 0.05) is 25.7 Å². The summed E-state index contributed by atoms with van der Waals surface area (Å²) in [6, 6.07) is 7.78. The Kier molecular flexibility index (Phi) is 7.07. The average molecular weight is 320 g/mol. The Morgan fingerprint density at radius 2 is 1.87 bits per heavy atom. The van der Waals surface area contributed by atoms with Crippen LogP contribution >= 0.6 is 0 Å². The van der Waals surface area contributed by atoms with Crippen LogP contribution < -0.4 is 5.32 Å². The van der Waals surface area contributed by atoms with E-state index in [2.05, 4.69) is 12.2 Å². The van der Waals surface area contributed by atoms with Gasteiger partial charge in [0.25, 0.3) is 0 Å². The Hall–Kier alpha value is -2.04. The average Bonchev–Trinajstić information content (AvgIpc) is 2.45. The standard InChI is InChI=1S/C18H28N2O3/c1-6-14-10-7-8-11-15(14)19-16(21)12-9-13-20(5)17(22)23-18(2,3)4/h7-8,10-11H,6,9,12-13H2,1-5H3,(H,19,21). The highest BCUT2D eigenvalue weighted by atomic mass is 16.6. The number of nitrogens with one attached hydrogen (secondary N) is 1. The molecule has 0 spiro atoms. The first-order valence-electron chi connectivity index (χ1n) is 8.05. The normalized spacial score (nSPS) is 11.0. The van der Waals surface area contributed by atoms with E-state index >= 15 is 0 Å². The molecule has 128 valence electrons. The predicted molar refractivity (Wildman–Crippen MR) is 92.5 cm³/mol. The second-order valence-corrected chi connectivity index (χ2v) is 6.56. The van der Waals surface area contributed by atoms with Crippen LogP contribution in [0.25, 0.3) is 0 Å². The zero-order chi connectivity index (χ0) is 17.5. The van der Waals surface area contributed by atoms with E-state index in [1.54, 1.807) is 7.05 Å². The van der Waals surface area contributed by atoms with Gasteiger partial charge in [-0.1, -0.05) is 25.1 Å². The molecule has 1 N–H and O–H groups in total. The van der Waals surface area contributed by atoms with Gasteiger partial charge >= 0.3 is 6.09 Å². The Morgan fingerprint density at radius 3 is 2.48 bits per heavy atom. The van der Waals surface area contributed by atoms with E-state index < -0.39 is 5.60 Å². The third-order valence-corrected chi connectivity index (χ3v) is 3.27. The zero-order valence-corrected chi connectivity index (χ0v) is 14.8. The number of carbonyl (C=O) groups excluding carboxylic acids is 2. The Labute approximate surface area is 139 Å². The monoisotopic (exact) mass is 320 g/mol. The van der Waals surface area contributed by atoms with Crippen LogP contribution in [-0.4, -0.2) is 36.1 Å². The Bertz CT molecular complexity index is 535. The second-order valence-electron chi connectivity index (χ2n) is 6.56. The fourth-order valence-electron chi connectivity index (χ4n) is 2.07. The van der Waals surface area contributed by atoms with Crippen molar-refractivity contribution in [3.63, 3.8) is 0 Å². The number of para-hydroxylation sites is 1. The number of rotatable bonds is 6.